The summed E-state index contributed by atoms with van der Waals surface area (Å²) in [6.07, 6.45) is 1.55. The minimum atomic E-state index is -3.80. The van der Waals surface area contributed by atoms with Gasteiger partial charge in [0.1, 0.15) is 5.75 Å². The molecule has 0 bridgehead atoms. The molecule has 0 spiro atoms. The Balaban J connectivity index is 2.24. The molecule has 6 heteroatoms. The Hall–Kier alpha value is -2.60. The monoisotopic (exact) mass is 356 g/mol. The number of benzene rings is 2. The molecular weight excluding hydrogens is 336 g/mol. The van der Waals surface area contributed by atoms with Crippen molar-refractivity contribution in [2.75, 3.05) is 7.11 Å². The molecule has 0 aliphatic rings. The van der Waals surface area contributed by atoms with Crippen LogP contribution in [0.25, 0.3) is 11.4 Å². The van der Waals surface area contributed by atoms with E-state index in [9.17, 15) is 8.42 Å². The lowest BCUT2D eigenvalue weighted by molar-refractivity contribution is 0.410. The molecule has 0 radical (unpaired) electrons. The number of aromatic nitrogens is 2. The lowest BCUT2D eigenvalue weighted by Gasteiger charge is -2.14. The van der Waals surface area contributed by atoms with Gasteiger partial charge in [-0.15, -0.1) is 0 Å². The molecule has 0 saturated carbocycles. The predicted molar refractivity (Wildman–Crippen MR) is 97.5 cm³/mol. The maximum atomic E-state index is 13.3. The smallest absolute Gasteiger partial charge is 0.269 e. The first-order valence-electron chi connectivity index (χ1n) is 7.87. The third-order valence-corrected chi connectivity index (χ3v) is 5.85. The van der Waals surface area contributed by atoms with Crippen LogP contribution in [0.2, 0.25) is 0 Å². The highest BCUT2D eigenvalue weighted by Crippen LogP contribution is 2.30. The Morgan fingerprint density at radius 1 is 1.00 bits per heavy atom. The highest BCUT2D eigenvalue weighted by atomic mass is 32.2. The van der Waals surface area contributed by atoms with Crippen molar-refractivity contribution in [1.82, 2.24) is 8.96 Å². The van der Waals surface area contributed by atoms with Crippen molar-refractivity contribution in [3.05, 3.63) is 65.5 Å². The molecule has 0 aliphatic heterocycles. The number of hydrogen-bond acceptors (Lipinski definition) is 4. The Bertz CT molecular complexity index is 1020. The van der Waals surface area contributed by atoms with Crippen molar-refractivity contribution in [1.29, 1.82) is 0 Å². The van der Waals surface area contributed by atoms with Crippen LogP contribution in [-0.2, 0) is 10.0 Å². The zero-order valence-corrected chi connectivity index (χ0v) is 15.5. The molecule has 1 aromatic heterocycles. The fourth-order valence-electron chi connectivity index (χ4n) is 2.86. The highest BCUT2D eigenvalue weighted by Gasteiger charge is 2.25. The van der Waals surface area contributed by atoms with Crippen LogP contribution in [0.5, 0.6) is 5.75 Å². The third kappa shape index (κ3) is 3.05. The van der Waals surface area contributed by atoms with Crippen molar-refractivity contribution in [3.63, 3.8) is 0 Å². The van der Waals surface area contributed by atoms with Gasteiger partial charge in [0.05, 0.1) is 17.7 Å². The molecule has 3 rings (SSSR count). The van der Waals surface area contributed by atoms with Crippen LogP contribution in [0.15, 0.2) is 53.6 Å². The normalized spacial score (nSPS) is 11.5. The van der Waals surface area contributed by atoms with Crippen molar-refractivity contribution < 1.29 is 13.2 Å². The molecule has 1 heterocycles. The van der Waals surface area contributed by atoms with E-state index in [1.807, 2.05) is 43.3 Å². The topological polar surface area (TPSA) is 61.2 Å². The maximum absolute atomic E-state index is 13.3. The maximum Gasteiger partial charge on any atom is 0.269 e. The summed E-state index contributed by atoms with van der Waals surface area (Å²) in [6.45, 7) is 5.45. The van der Waals surface area contributed by atoms with Gasteiger partial charge in [-0.05, 0) is 31.9 Å². The summed E-state index contributed by atoms with van der Waals surface area (Å²) in [4.78, 5) is 4.63. The van der Waals surface area contributed by atoms with Crippen LogP contribution in [0.4, 0.5) is 0 Å². The molecule has 3 aromatic rings. The lowest BCUT2D eigenvalue weighted by atomic mass is 10.1. The van der Waals surface area contributed by atoms with Gasteiger partial charge in [-0.2, -0.15) is 0 Å². The molecular formula is C19H20N2O3S. The number of ether oxygens (including phenoxy) is 1. The average molecular weight is 356 g/mol. The van der Waals surface area contributed by atoms with Gasteiger partial charge in [0.2, 0.25) is 0 Å². The molecule has 25 heavy (non-hydrogen) atoms. The summed E-state index contributed by atoms with van der Waals surface area (Å²) in [5.74, 6) is 0.944. The van der Waals surface area contributed by atoms with Gasteiger partial charge in [-0.3, -0.25) is 0 Å². The second-order valence-corrected chi connectivity index (χ2v) is 7.74. The predicted octanol–water partition coefficient (Wildman–Crippen LogP) is 3.72. The number of nitrogens with zero attached hydrogens (tertiary/aromatic N) is 2. The molecule has 0 atom stereocenters. The third-order valence-electron chi connectivity index (χ3n) is 4.06. The van der Waals surface area contributed by atoms with E-state index in [1.54, 1.807) is 26.1 Å². The highest BCUT2D eigenvalue weighted by molar-refractivity contribution is 7.90. The number of rotatable bonds is 4. The molecule has 130 valence electrons. The molecule has 2 aromatic carbocycles. The summed E-state index contributed by atoms with van der Waals surface area (Å²) < 4.78 is 33.2. The fraction of sp³-hybridized carbons (Fsp3) is 0.211. The lowest BCUT2D eigenvalue weighted by Crippen LogP contribution is -2.15. The van der Waals surface area contributed by atoms with Crippen LogP contribution in [-0.4, -0.2) is 24.5 Å². The van der Waals surface area contributed by atoms with Gasteiger partial charge in [0.15, 0.2) is 5.82 Å². The fourth-order valence-corrected chi connectivity index (χ4v) is 4.45. The van der Waals surface area contributed by atoms with E-state index >= 15 is 0 Å². The summed E-state index contributed by atoms with van der Waals surface area (Å²) in [5.41, 5.74) is 2.95. The second-order valence-electron chi connectivity index (χ2n) is 5.96. The first kappa shape index (κ1) is 17.2. The first-order chi connectivity index (χ1) is 11.8. The van der Waals surface area contributed by atoms with E-state index in [2.05, 4.69) is 4.98 Å². The van der Waals surface area contributed by atoms with E-state index in [-0.39, 0.29) is 4.90 Å². The summed E-state index contributed by atoms with van der Waals surface area (Å²) in [6, 6.07) is 12.7. The van der Waals surface area contributed by atoms with Gasteiger partial charge in [-0.25, -0.2) is 17.4 Å². The van der Waals surface area contributed by atoms with Gasteiger partial charge in [-0.1, -0.05) is 36.4 Å². The molecule has 0 saturated heterocycles. The Morgan fingerprint density at radius 2 is 1.68 bits per heavy atom. The van der Waals surface area contributed by atoms with E-state index in [0.717, 1.165) is 11.1 Å². The number of aryl methyl sites for hydroxylation is 3. The van der Waals surface area contributed by atoms with Crippen molar-refractivity contribution in [3.8, 4) is 17.1 Å². The number of hydrogen-bond donors (Lipinski definition) is 0. The van der Waals surface area contributed by atoms with Crippen LogP contribution in [0, 0.1) is 20.8 Å². The van der Waals surface area contributed by atoms with Crippen molar-refractivity contribution in [2.45, 2.75) is 25.7 Å². The second kappa shape index (κ2) is 6.37. The molecule has 0 amide bonds. The Labute approximate surface area is 148 Å². The van der Waals surface area contributed by atoms with Crippen LogP contribution in [0.1, 0.15) is 16.8 Å². The standard InChI is InChI=1S/C19H20N2O3S/c1-13-10-14(2)18(11-17(13)24-4)25(22,23)21-12-15(3)20-19(21)16-8-6-5-7-9-16/h5-12H,1-4H3. The Kier molecular flexibility index (Phi) is 4.39. The summed E-state index contributed by atoms with van der Waals surface area (Å²) in [7, 11) is -2.27. The van der Waals surface area contributed by atoms with Gasteiger partial charge in [0.25, 0.3) is 10.0 Å². The molecule has 0 N–H and O–H groups in total. The summed E-state index contributed by atoms with van der Waals surface area (Å²) >= 11 is 0. The van der Waals surface area contributed by atoms with Crippen molar-refractivity contribution in [2.24, 2.45) is 0 Å². The molecule has 5 nitrogen and oxygen atoms in total. The minimum Gasteiger partial charge on any atom is -0.496 e. The van der Waals surface area contributed by atoms with Gasteiger partial charge in [0, 0.05) is 17.8 Å². The van der Waals surface area contributed by atoms with E-state index in [1.165, 1.54) is 11.1 Å². The number of methoxy groups -OCH3 is 1. The quantitative estimate of drug-likeness (QED) is 0.715. The molecule has 0 aliphatic carbocycles. The van der Waals surface area contributed by atoms with Crippen molar-refractivity contribution >= 4 is 10.0 Å². The minimum absolute atomic E-state index is 0.213. The van der Waals surface area contributed by atoms with E-state index in [4.69, 9.17) is 4.74 Å². The van der Waals surface area contributed by atoms with Crippen LogP contribution < -0.4 is 4.74 Å². The number of imidazole rings is 1. The molecule has 0 unspecified atom stereocenters. The zero-order chi connectivity index (χ0) is 18.2. The molecule has 0 fully saturated rings. The van der Waals surface area contributed by atoms with E-state index < -0.39 is 10.0 Å². The Morgan fingerprint density at radius 3 is 2.32 bits per heavy atom. The largest absolute Gasteiger partial charge is 0.496 e. The zero-order valence-electron chi connectivity index (χ0n) is 14.6. The van der Waals surface area contributed by atoms with Gasteiger partial charge >= 0.3 is 0 Å². The van der Waals surface area contributed by atoms with Crippen LogP contribution >= 0.6 is 0 Å². The average Bonchev–Trinajstić information content (AvgIpc) is 2.98. The van der Waals surface area contributed by atoms with E-state index in [0.29, 0.717) is 22.8 Å². The SMILES string of the molecule is COc1cc(S(=O)(=O)n2cc(C)nc2-c2ccccc2)c(C)cc1C. The summed E-state index contributed by atoms with van der Waals surface area (Å²) in [5, 5.41) is 0. The first-order valence-corrected chi connectivity index (χ1v) is 9.31. The van der Waals surface area contributed by atoms with Crippen LogP contribution in [0.3, 0.4) is 0 Å². The van der Waals surface area contributed by atoms with Gasteiger partial charge < -0.3 is 4.74 Å².